The summed E-state index contributed by atoms with van der Waals surface area (Å²) in [7, 11) is -3.21. The number of hydrogen-bond acceptors (Lipinski definition) is 3. The fraction of sp³-hybridized carbons (Fsp3) is 0.533. The van der Waals surface area contributed by atoms with Crippen LogP contribution in [-0.2, 0) is 21.2 Å². The van der Waals surface area contributed by atoms with Crippen molar-refractivity contribution < 1.29 is 13.2 Å². The smallest absolute Gasteiger partial charge is 0.214 e. The quantitative estimate of drug-likeness (QED) is 0.833. The van der Waals surface area contributed by atoms with Crippen LogP contribution in [0.1, 0.15) is 25.3 Å². The van der Waals surface area contributed by atoms with E-state index in [1.807, 2.05) is 30.3 Å². The largest absolute Gasteiger partial charge is 0.300 e. The Balaban J connectivity index is 1.90. The van der Waals surface area contributed by atoms with Gasteiger partial charge in [-0.2, -0.15) is 0 Å². The highest BCUT2D eigenvalue weighted by Crippen LogP contribution is 2.20. The van der Waals surface area contributed by atoms with Crippen molar-refractivity contribution in [1.29, 1.82) is 0 Å². The van der Waals surface area contributed by atoms with Crippen LogP contribution in [0, 0.1) is 5.92 Å². The van der Waals surface area contributed by atoms with E-state index in [1.165, 1.54) is 4.31 Å². The molecule has 1 heterocycles. The maximum atomic E-state index is 12.3. The molecular weight excluding hydrogens is 274 g/mol. The second-order valence-electron chi connectivity index (χ2n) is 5.34. The van der Waals surface area contributed by atoms with Gasteiger partial charge in [-0.15, -0.1) is 0 Å². The van der Waals surface area contributed by atoms with Crippen LogP contribution in [0.4, 0.5) is 0 Å². The van der Waals surface area contributed by atoms with Gasteiger partial charge in [-0.05, 0) is 31.7 Å². The number of nitrogens with zero attached hydrogens (tertiary/aromatic N) is 1. The molecule has 2 rings (SSSR count). The van der Waals surface area contributed by atoms with Crippen LogP contribution in [0.25, 0.3) is 0 Å². The van der Waals surface area contributed by atoms with Gasteiger partial charge >= 0.3 is 0 Å². The highest BCUT2D eigenvalue weighted by molar-refractivity contribution is 7.89. The normalized spacial score (nSPS) is 18.1. The zero-order valence-corrected chi connectivity index (χ0v) is 12.6. The number of benzene rings is 1. The molecule has 1 aromatic carbocycles. The SMILES string of the molecule is CC(=O)C1CCN(S(=O)(=O)CCc2ccccc2)CC1. The molecule has 1 aliphatic heterocycles. The lowest BCUT2D eigenvalue weighted by atomic mass is 9.95. The zero-order valence-electron chi connectivity index (χ0n) is 11.8. The van der Waals surface area contributed by atoms with Gasteiger partial charge in [-0.3, -0.25) is 4.79 Å². The van der Waals surface area contributed by atoms with Crippen molar-refractivity contribution >= 4 is 15.8 Å². The van der Waals surface area contributed by atoms with Crippen molar-refractivity contribution in [3.05, 3.63) is 35.9 Å². The molecule has 0 atom stereocenters. The predicted octanol–water partition coefficient (Wildman–Crippen LogP) is 1.86. The van der Waals surface area contributed by atoms with Crippen LogP contribution in [-0.4, -0.2) is 37.3 Å². The van der Waals surface area contributed by atoms with Crippen molar-refractivity contribution in [3.63, 3.8) is 0 Å². The molecule has 1 aromatic rings. The summed E-state index contributed by atoms with van der Waals surface area (Å²) in [6.45, 7) is 2.53. The van der Waals surface area contributed by atoms with E-state index in [0.717, 1.165) is 5.56 Å². The molecule has 0 saturated carbocycles. The van der Waals surface area contributed by atoms with E-state index < -0.39 is 10.0 Å². The average Bonchev–Trinajstić information content (AvgIpc) is 2.46. The number of piperidine rings is 1. The molecule has 4 nitrogen and oxygen atoms in total. The van der Waals surface area contributed by atoms with E-state index in [-0.39, 0.29) is 17.5 Å². The first-order chi connectivity index (χ1) is 9.49. The third-order valence-electron chi connectivity index (χ3n) is 3.91. The van der Waals surface area contributed by atoms with Crippen LogP contribution in [0.5, 0.6) is 0 Å². The maximum absolute atomic E-state index is 12.3. The van der Waals surface area contributed by atoms with Gasteiger partial charge in [-0.1, -0.05) is 30.3 Å². The van der Waals surface area contributed by atoms with E-state index in [0.29, 0.717) is 32.4 Å². The zero-order chi connectivity index (χ0) is 14.6. The molecule has 20 heavy (non-hydrogen) atoms. The van der Waals surface area contributed by atoms with Crippen LogP contribution >= 0.6 is 0 Å². The van der Waals surface area contributed by atoms with Gasteiger partial charge in [0.1, 0.15) is 5.78 Å². The minimum Gasteiger partial charge on any atom is -0.300 e. The molecule has 0 spiro atoms. The van der Waals surface area contributed by atoms with E-state index in [2.05, 4.69) is 0 Å². The van der Waals surface area contributed by atoms with Crippen molar-refractivity contribution in [2.45, 2.75) is 26.2 Å². The highest BCUT2D eigenvalue weighted by Gasteiger charge is 2.29. The molecule has 0 aromatic heterocycles. The average molecular weight is 295 g/mol. The van der Waals surface area contributed by atoms with Crippen molar-refractivity contribution in [2.75, 3.05) is 18.8 Å². The maximum Gasteiger partial charge on any atom is 0.214 e. The number of hydrogen-bond donors (Lipinski definition) is 0. The molecule has 0 unspecified atom stereocenters. The topological polar surface area (TPSA) is 54.5 Å². The van der Waals surface area contributed by atoms with Crippen LogP contribution in [0.2, 0.25) is 0 Å². The third-order valence-corrected chi connectivity index (χ3v) is 5.79. The lowest BCUT2D eigenvalue weighted by Gasteiger charge is -2.30. The van der Waals surface area contributed by atoms with E-state index in [4.69, 9.17) is 0 Å². The summed E-state index contributed by atoms with van der Waals surface area (Å²) in [5, 5.41) is 0. The molecule has 5 heteroatoms. The van der Waals surface area contributed by atoms with E-state index in [9.17, 15) is 13.2 Å². The number of sulfonamides is 1. The molecule has 0 N–H and O–H groups in total. The number of Topliss-reactive ketones (excluding diaryl/α,β-unsaturated/α-hetero) is 1. The summed E-state index contributed by atoms with van der Waals surface area (Å²) in [5.74, 6) is 0.351. The fourth-order valence-corrected chi connectivity index (χ4v) is 4.08. The number of rotatable bonds is 5. The van der Waals surface area contributed by atoms with Gasteiger partial charge in [0.15, 0.2) is 0 Å². The van der Waals surface area contributed by atoms with Crippen molar-refractivity contribution in [1.82, 2.24) is 4.31 Å². The molecule has 1 aliphatic rings. The Morgan fingerprint density at radius 1 is 1.20 bits per heavy atom. The summed E-state index contributed by atoms with van der Waals surface area (Å²) in [5.41, 5.74) is 1.04. The minimum absolute atomic E-state index is 0.0376. The van der Waals surface area contributed by atoms with Gasteiger partial charge in [0.05, 0.1) is 5.75 Å². The van der Waals surface area contributed by atoms with Gasteiger partial charge in [0, 0.05) is 19.0 Å². The molecule has 0 amide bonds. The second-order valence-corrected chi connectivity index (χ2v) is 7.42. The second kappa shape index (κ2) is 6.50. The number of aryl methyl sites for hydroxylation is 1. The van der Waals surface area contributed by atoms with Gasteiger partial charge in [-0.25, -0.2) is 12.7 Å². The Kier molecular flexibility index (Phi) is 4.94. The highest BCUT2D eigenvalue weighted by atomic mass is 32.2. The first-order valence-corrected chi connectivity index (χ1v) is 8.62. The van der Waals surface area contributed by atoms with Gasteiger partial charge < -0.3 is 0 Å². The first-order valence-electron chi connectivity index (χ1n) is 7.01. The molecule has 0 radical (unpaired) electrons. The number of carbonyl (C=O) groups excluding carboxylic acids is 1. The Labute approximate surface area is 120 Å². The van der Waals surface area contributed by atoms with Crippen molar-refractivity contribution in [3.8, 4) is 0 Å². The molecule has 0 bridgehead atoms. The lowest BCUT2D eigenvalue weighted by molar-refractivity contribution is -0.121. The monoisotopic (exact) mass is 295 g/mol. The number of ketones is 1. The third kappa shape index (κ3) is 3.90. The lowest BCUT2D eigenvalue weighted by Crippen LogP contribution is -2.41. The summed E-state index contributed by atoms with van der Waals surface area (Å²) in [6, 6.07) is 9.64. The Morgan fingerprint density at radius 3 is 2.35 bits per heavy atom. The van der Waals surface area contributed by atoms with Crippen molar-refractivity contribution in [2.24, 2.45) is 5.92 Å². The molecule has 0 aliphatic carbocycles. The van der Waals surface area contributed by atoms with Gasteiger partial charge in [0.25, 0.3) is 0 Å². The summed E-state index contributed by atoms with van der Waals surface area (Å²) >= 11 is 0. The van der Waals surface area contributed by atoms with Crippen LogP contribution in [0.3, 0.4) is 0 Å². The first kappa shape index (κ1) is 15.2. The van der Waals surface area contributed by atoms with Gasteiger partial charge in [0.2, 0.25) is 10.0 Å². The Hall–Kier alpha value is -1.20. The molecule has 1 saturated heterocycles. The molecule has 110 valence electrons. The summed E-state index contributed by atoms with van der Waals surface area (Å²) in [4.78, 5) is 11.3. The van der Waals surface area contributed by atoms with E-state index in [1.54, 1.807) is 6.92 Å². The predicted molar refractivity (Wildman–Crippen MR) is 78.9 cm³/mol. The summed E-state index contributed by atoms with van der Waals surface area (Å²) in [6.07, 6.45) is 1.84. The Morgan fingerprint density at radius 2 is 1.80 bits per heavy atom. The molecule has 1 fully saturated rings. The minimum atomic E-state index is -3.21. The van der Waals surface area contributed by atoms with Crippen LogP contribution in [0.15, 0.2) is 30.3 Å². The van der Waals surface area contributed by atoms with Crippen LogP contribution < -0.4 is 0 Å². The standard InChI is InChI=1S/C15H21NO3S/c1-13(17)15-7-10-16(11-8-15)20(18,19)12-9-14-5-3-2-4-6-14/h2-6,15H,7-12H2,1H3. The number of carbonyl (C=O) groups is 1. The Bertz CT molecular complexity index is 546. The summed E-state index contributed by atoms with van der Waals surface area (Å²) < 4.78 is 26.1. The fourth-order valence-electron chi connectivity index (χ4n) is 2.56. The van der Waals surface area contributed by atoms with E-state index >= 15 is 0 Å². The molecular formula is C15H21NO3S.